The number of thiazole rings is 1. The summed E-state index contributed by atoms with van der Waals surface area (Å²) in [5.74, 6) is 2.04. The van der Waals surface area contributed by atoms with Gasteiger partial charge in [-0.2, -0.15) is 0 Å². The van der Waals surface area contributed by atoms with Crippen LogP contribution in [0.1, 0.15) is 23.7 Å². The van der Waals surface area contributed by atoms with E-state index in [0.29, 0.717) is 5.02 Å². The van der Waals surface area contributed by atoms with Crippen LogP contribution in [0.15, 0.2) is 24.4 Å². The number of aromatic nitrogens is 4. The van der Waals surface area contributed by atoms with Crippen LogP contribution in [0.2, 0.25) is 5.02 Å². The van der Waals surface area contributed by atoms with Gasteiger partial charge in [0.05, 0.1) is 21.3 Å². The molecule has 0 radical (unpaired) electrons. The van der Waals surface area contributed by atoms with Gasteiger partial charge in [0.2, 0.25) is 0 Å². The first kappa shape index (κ1) is 13.7. The van der Waals surface area contributed by atoms with Gasteiger partial charge in [-0.05, 0) is 25.1 Å². The van der Waals surface area contributed by atoms with Gasteiger partial charge in [0, 0.05) is 23.7 Å². The van der Waals surface area contributed by atoms with Crippen LogP contribution in [0, 0.1) is 6.92 Å². The second-order valence-corrected chi connectivity index (χ2v) is 7.08. The van der Waals surface area contributed by atoms with Gasteiger partial charge < -0.3 is 5.32 Å². The molecule has 0 saturated heterocycles. The van der Waals surface area contributed by atoms with Crippen molar-refractivity contribution in [1.29, 1.82) is 0 Å². The van der Waals surface area contributed by atoms with Gasteiger partial charge in [-0.25, -0.2) is 4.98 Å². The van der Waals surface area contributed by atoms with Crippen molar-refractivity contribution in [2.75, 3.05) is 11.9 Å². The number of nitrogens with zero attached hydrogens (tertiary/aromatic N) is 4. The monoisotopic (exact) mass is 331 g/mol. The van der Waals surface area contributed by atoms with Crippen LogP contribution in [-0.4, -0.2) is 26.3 Å². The van der Waals surface area contributed by atoms with Crippen LogP contribution in [0.3, 0.4) is 0 Å². The average Bonchev–Trinajstić information content (AvgIpc) is 3.08. The standard InChI is InChI=1S/C15H14ClN5S/c1-8-6-18-11-5-10(16)3-4-12(11)21-14(8)19-20-15(21)13-7-17-9(2)22-13/h3-5,7-8,18H,6H2,1-2H3/t8-/m0/s1. The molecule has 0 spiro atoms. The van der Waals surface area contributed by atoms with Crippen molar-refractivity contribution in [2.45, 2.75) is 19.8 Å². The summed E-state index contributed by atoms with van der Waals surface area (Å²) >= 11 is 7.76. The molecule has 2 aromatic heterocycles. The van der Waals surface area contributed by atoms with Gasteiger partial charge in [-0.1, -0.05) is 18.5 Å². The zero-order chi connectivity index (χ0) is 15.3. The average molecular weight is 332 g/mol. The fourth-order valence-electron chi connectivity index (χ4n) is 2.68. The van der Waals surface area contributed by atoms with E-state index in [9.17, 15) is 0 Å². The summed E-state index contributed by atoms with van der Waals surface area (Å²) in [6, 6.07) is 5.84. The number of benzene rings is 1. The summed E-state index contributed by atoms with van der Waals surface area (Å²) in [5.41, 5.74) is 2.02. The molecule has 0 amide bonds. The summed E-state index contributed by atoms with van der Waals surface area (Å²) < 4.78 is 2.11. The fourth-order valence-corrected chi connectivity index (χ4v) is 3.60. The molecular weight excluding hydrogens is 318 g/mol. The Hall–Kier alpha value is -1.92. The van der Waals surface area contributed by atoms with Gasteiger partial charge >= 0.3 is 0 Å². The first-order chi connectivity index (χ1) is 10.6. The van der Waals surface area contributed by atoms with E-state index in [1.165, 1.54) is 0 Å². The van der Waals surface area contributed by atoms with E-state index in [2.05, 4.69) is 32.0 Å². The van der Waals surface area contributed by atoms with E-state index in [1.807, 2.05) is 31.3 Å². The molecule has 0 unspecified atom stereocenters. The number of hydrogen-bond donors (Lipinski definition) is 1. The Bertz CT molecular complexity index is 853. The van der Waals surface area contributed by atoms with Gasteiger partial charge in [0.15, 0.2) is 5.82 Å². The third-order valence-corrected chi connectivity index (χ3v) is 4.91. The first-order valence-electron chi connectivity index (χ1n) is 7.05. The first-order valence-corrected chi connectivity index (χ1v) is 8.25. The molecule has 1 aliphatic rings. The lowest BCUT2D eigenvalue weighted by molar-refractivity contribution is 0.725. The lowest BCUT2D eigenvalue weighted by Crippen LogP contribution is -2.09. The van der Waals surface area contributed by atoms with Crippen molar-refractivity contribution in [1.82, 2.24) is 19.7 Å². The molecule has 0 bridgehead atoms. The van der Waals surface area contributed by atoms with E-state index in [1.54, 1.807) is 11.3 Å². The van der Waals surface area contributed by atoms with E-state index >= 15 is 0 Å². The SMILES string of the molecule is Cc1ncc(-c2nnc3n2-c2ccc(Cl)cc2NC[C@@H]3C)s1. The van der Waals surface area contributed by atoms with Crippen LogP contribution in [0.25, 0.3) is 16.4 Å². The number of aryl methyl sites for hydroxylation is 1. The van der Waals surface area contributed by atoms with E-state index in [0.717, 1.165) is 39.5 Å². The highest BCUT2D eigenvalue weighted by atomic mass is 35.5. The maximum absolute atomic E-state index is 6.14. The highest BCUT2D eigenvalue weighted by molar-refractivity contribution is 7.14. The molecule has 0 aliphatic carbocycles. The van der Waals surface area contributed by atoms with E-state index in [4.69, 9.17) is 11.6 Å². The summed E-state index contributed by atoms with van der Waals surface area (Å²) in [5, 5.41) is 14.0. The maximum Gasteiger partial charge on any atom is 0.180 e. The van der Waals surface area contributed by atoms with Crippen molar-refractivity contribution in [2.24, 2.45) is 0 Å². The summed E-state index contributed by atoms with van der Waals surface area (Å²) in [7, 11) is 0. The Kier molecular flexibility index (Phi) is 3.16. The molecule has 1 atom stereocenters. The minimum atomic E-state index is 0.251. The highest BCUT2D eigenvalue weighted by Crippen LogP contribution is 2.35. The van der Waals surface area contributed by atoms with Crippen molar-refractivity contribution in [3.63, 3.8) is 0 Å². The number of halogens is 1. The number of nitrogens with one attached hydrogen (secondary N) is 1. The number of anilines is 1. The van der Waals surface area contributed by atoms with Crippen LogP contribution in [0.5, 0.6) is 0 Å². The zero-order valence-corrected chi connectivity index (χ0v) is 13.7. The predicted molar refractivity (Wildman–Crippen MR) is 89.1 cm³/mol. The lowest BCUT2D eigenvalue weighted by Gasteiger charge is -2.11. The number of fused-ring (bicyclic) bond motifs is 3. The molecule has 4 rings (SSSR count). The second-order valence-electron chi connectivity index (χ2n) is 5.40. The summed E-state index contributed by atoms with van der Waals surface area (Å²) in [4.78, 5) is 5.35. The summed E-state index contributed by atoms with van der Waals surface area (Å²) in [6.45, 7) is 4.93. The predicted octanol–water partition coefficient (Wildman–Crippen LogP) is 3.88. The van der Waals surface area contributed by atoms with E-state index in [-0.39, 0.29) is 5.92 Å². The number of rotatable bonds is 1. The van der Waals surface area contributed by atoms with Crippen molar-refractivity contribution >= 4 is 28.6 Å². The van der Waals surface area contributed by atoms with Crippen molar-refractivity contribution in [3.8, 4) is 16.4 Å². The topological polar surface area (TPSA) is 55.6 Å². The molecule has 5 nitrogen and oxygen atoms in total. The highest BCUT2D eigenvalue weighted by Gasteiger charge is 2.25. The molecule has 22 heavy (non-hydrogen) atoms. The fraction of sp³-hybridized carbons (Fsp3) is 0.267. The second kappa shape index (κ2) is 5.07. The molecule has 1 aliphatic heterocycles. The molecule has 7 heteroatoms. The number of hydrogen-bond acceptors (Lipinski definition) is 5. The van der Waals surface area contributed by atoms with Crippen molar-refractivity contribution in [3.05, 3.63) is 40.3 Å². The Morgan fingerprint density at radius 3 is 3.00 bits per heavy atom. The van der Waals surface area contributed by atoms with Crippen LogP contribution < -0.4 is 5.32 Å². The van der Waals surface area contributed by atoms with Crippen LogP contribution in [0.4, 0.5) is 5.69 Å². The molecule has 1 N–H and O–H groups in total. The molecular formula is C15H14ClN5S. The molecule has 112 valence electrons. The molecule has 1 aromatic carbocycles. The molecule has 3 heterocycles. The van der Waals surface area contributed by atoms with Crippen LogP contribution in [-0.2, 0) is 0 Å². The van der Waals surface area contributed by atoms with Crippen molar-refractivity contribution < 1.29 is 0 Å². The van der Waals surface area contributed by atoms with Gasteiger partial charge in [0.1, 0.15) is 5.82 Å². The van der Waals surface area contributed by atoms with Gasteiger partial charge in [-0.15, -0.1) is 21.5 Å². The normalized spacial score (nSPS) is 16.6. The minimum Gasteiger partial charge on any atom is -0.383 e. The molecule has 0 fully saturated rings. The Balaban J connectivity index is 1.99. The van der Waals surface area contributed by atoms with Crippen LogP contribution >= 0.6 is 22.9 Å². The van der Waals surface area contributed by atoms with Gasteiger partial charge in [0.25, 0.3) is 0 Å². The smallest absolute Gasteiger partial charge is 0.180 e. The third kappa shape index (κ3) is 2.10. The summed E-state index contributed by atoms with van der Waals surface area (Å²) in [6.07, 6.45) is 1.86. The quantitative estimate of drug-likeness (QED) is 0.735. The Morgan fingerprint density at radius 1 is 1.36 bits per heavy atom. The largest absolute Gasteiger partial charge is 0.383 e. The zero-order valence-electron chi connectivity index (χ0n) is 12.2. The third-order valence-electron chi connectivity index (χ3n) is 3.77. The minimum absolute atomic E-state index is 0.251. The van der Waals surface area contributed by atoms with E-state index < -0.39 is 0 Å². The molecule has 3 aromatic rings. The Labute approximate surface area is 137 Å². The van der Waals surface area contributed by atoms with Gasteiger partial charge in [-0.3, -0.25) is 4.57 Å². The Morgan fingerprint density at radius 2 is 2.23 bits per heavy atom. The maximum atomic E-state index is 6.14. The lowest BCUT2D eigenvalue weighted by atomic mass is 10.2. The molecule has 0 saturated carbocycles.